The van der Waals surface area contributed by atoms with Crippen molar-refractivity contribution in [2.75, 3.05) is 4.90 Å². The van der Waals surface area contributed by atoms with Gasteiger partial charge >= 0.3 is 0 Å². The highest BCUT2D eigenvalue weighted by atomic mass is 15.2. The molecule has 236 valence electrons. The minimum atomic E-state index is 0.163. The summed E-state index contributed by atoms with van der Waals surface area (Å²) in [5.74, 6) is 0.962. The van der Waals surface area contributed by atoms with Gasteiger partial charge in [0.15, 0.2) is 5.82 Å². The number of benzene rings is 6. The Morgan fingerprint density at radius 3 is 1.80 bits per heavy atom. The van der Waals surface area contributed by atoms with Crippen molar-refractivity contribution in [3.63, 3.8) is 0 Å². The maximum Gasteiger partial charge on any atom is 0.160 e. The van der Waals surface area contributed by atoms with Crippen LogP contribution in [0.2, 0.25) is 0 Å². The van der Waals surface area contributed by atoms with Gasteiger partial charge in [-0.2, -0.15) is 0 Å². The van der Waals surface area contributed by atoms with E-state index in [4.69, 9.17) is 9.97 Å². The van der Waals surface area contributed by atoms with Crippen LogP contribution >= 0.6 is 0 Å². The summed E-state index contributed by atoms with van der Waals surface area (Å²) >= 11 is 0. The van der Waals surface area contributed by atoms with Crippen LogP contribution in [-0.4, -0.2) is 20.6 Å². The van der Waals surface area contributed by atoms with E-state index >= 15 is 0 Å². The van der Waals surface area contributed by atoms with Crippen LogP contribution in [0.4, 0.5) is 11.4 Å². The number of rotatable bonds is 5. The predicted molar refractivity (Wildman–Crippen MR) is 206 cm³/mol. The molecule has 0 N–H and O–H groups in total. The van der Waals surface area contributed by atoms with E-state index in [9.17, 15) is 0 Å². The van der Waals surface area contributed by atoms with Crippen LogP contribution in [0, 0.1) is 0 Å². The molecule has 50 heavy (non-hydrogen) atoms. The number of allylic oxidation sites excluding steroid dienone is 2. The summed E-state index contributed by atoms with van der Waals surface area (Å²) in [7, 11) is 0. The van der Waals surface area contributed by atoms with Crippen molar-refractivity contribution in [2.45, 2.75) is 12.0 Å². The number of aromatic nitrogens is 3. The molecule has 4 nitrogen and oxygen atoms in total. The number of nitrogens with zero attached hydrogens (tertiary/aromatic N) is 4. The van der Waals surface area contributed by atoms with E-state index < -0.39 is 0 Å². The Morgan fingerprint density at radius 2 is 1.10 bits per heavy atom. The summed E-state index contributed by atoms with van der Waals surface area (Å²) in [6.45, 7) is 0. The van der Waals surface area contributed by atoms with E-state index in [-0.39, 0.29) is 12.0 Å². The standard InChI is InChI=1S/C46H32N4/c1-4-14-31(15-5-1)40-30-41(32-16-6-2-7-17-32)48-46(47-40)33-24-26-35(27-25-33)50-43-23-13-11-21-37(43)39-29-28-38-36-20-10-12-22-42(36)49(44(38)45(39)50)34-18-8-3-9-19-34/h1-30,37,43H. The summed E-state index contributed by atoms with van der Waals surface area (Å²) in [4.78, 5) is 12.7. The average Bonchev–Trinajstić information content (AvgIpc) is 3.72. The third kappa shape index (κ3) is 4.53. The zero-order valence-corrected chi connectivity index (χ0v) is 27.3. The Morgan fingerprint density at radius 1 is 0.480 bits per heavy atom. The Bertz CT molecular complexity index is 2530. The smallest absolute Gasteiger partial charge is 0.160 e. The van der Waals surface area contributed by atoms with Gasteiger partial charge in [0, 0.05) is 44.8 Å². The second kappa shape index (κ2) is 11.6. The van der Waals surface area contributed by atoms with E-state index in [0.29, 0.717) is 5.82 Å². The average molecular weight is 641 g/mol. The van der Waals surface area contributed by atoms with Crippen LogP contribution < -0.4 is 4.90 Å². The molecule has 1 aliphatic carbocycles. The van der Waals surface area contributed by atoms with E-state index in [1.54, 1.807) is 0 Å². The van der Waals surface area contributed by atoms with Gasteiger partial charge in [-0.05, 0) is 54.1 Å². The fourth-order valence-electron chi connectivity index (χ4n) is 7.86. The molecule has 0 saturated heterocycles. The molecule has 10 rings (SSSR count). The minimum Gasteiger partial charge on any atom is -0.332 e. The van der Waals surface area contributed by atoms with E-state index in [2.05, 4.69) is 179 Å². The van der Waals surface area contributed by atoms with Crippen LogP contribution in [0.15, 0.2) is 182 Å². The van der Waals surface area contributed by atoms with Crippen molar-refractivity contribution in [1.29, 1.82) is 0 Å². The van der Waals surface area contributed by atoms with Gasteiger partial charge in [-0.3, -0.25) is 0 Å². The van der Waals surface area contributed by atoms with Crippen molar-refractivity contribution in [3.8, 4) is 39.6 Å². The van der Waals surface area contributed by atoms with Gasteiger partial charge in [0.25, 0.3) is 0 Å². The SMILES string of the molecule is C1=CC2c3ccc4c5ccccc5n(-c5ccccc5)c4c3N(c3ccc(-c4nc(-c5ccccc5)cc(-c5ccccc5)n4)cc3)C2C=C1. The predicted octanol–water partition coefficient (Wildman–Crippen LogP) is 11.3. The molecule has 1 aliphatic heterocycles. The van der Waals surface area contributed by atoms with Crippen molar-refractivity contribution in [1.82, 2.24) is 14.5 Å². The highest BCUT2D eigenvalue weighted by Gasteiger charge is 2.40. The van der Waals surface area contributed by atoms with Crippen LogP contribution in [0.5, 0.6) is 0 Å². The number of para-hydroxylation sites is 2. The Balaban J connectivity index is 1.15. The third-order valence-electron chi connectivity index (χ3n) is 10.1. The molecule has 0 bridgehead atoms. The highest BCUT2D eigenvalue weighted by molar-refractivity contribution is 6.15. The van der Waals surface area contributed by atoms with Gasteiger partial charge in [-0.15, -0.1) is 0 Å². The van der Waals surface area contributed by atoms with Crippen LogP contribution in [0.3, 0.4) is 0 Å². The number of anilines is 2. The lowest BCUT2D eigenvalue weighted by atomic mass is 9.91. The molecule has 0 radical (unpaired) electrons. The second-order valence-electron chi connectivity index (χ2n) is 13.0. The quantitative estimate of drug-likeness (QED) is 0.188. The zero-order chi connectivity index (χ0) is 33.0. The van der Waals surface area contributed by atoms with Crippen LogP contribution in [0.1, 0.15) is 11.5 Å². The number of hydrogen-bond acceptors (Lipinski definition) is 3. The fraction of sp³-hybridized carbons (Fsp3) is 0.0435. The molecule has 2 unspecified atom stereocenters. The van der Waals surface area contributed by atoms with Gasteiger partial charge in [0.1, 0.15) is 0 Å². The third-order valence-corrected chi connectivity index (χ3v) is 10.1. The highest BCUT2D eigenvalue weighted by Crippen LogP contribution is 2.52. The van der Waals surface area contributed by atoms with E-state index in [1.807, 2.05) is 12.1 Å². The molecule has 0 spiro atoms. The lowest BCUT2D eigenvalue weighted by molar-refractivity contribution is 0.745. The maximum atomic E-state index is 5.09. The van der Waals surface area contributed by atoms with Crippen molar-refractivity contribution >= 4 is 33.2 Å². The number of hydrogen-bond donors (Lipinski definition) is 0. The van der Waals surface area contributed by atoms with E-state index in [1.165, 1.54) is 33.1 Å². The van der Waals surface area contributed by atoms with Crippen LogP contribution in [0.25, 0.3) is 61.4 Å². The normalized spacial score (nSPS) is 16.2. The number of fused-ring (bicyclic) bond motifs is 7. The molecular weight excluding hydrogens is 609 g/mol. The molecule has 8 aromatic rings. The zero-order valence-electron chi connectivity index (χ0n) is 27.3. The Hall–Kier alpha value is -6.52. The first-order valence-corrected chi connectivity index (χ1v) is 17.2. The summed E-state index contributed by atoms with van der Waals surface area (Å²) in [6, 6.07) is 56.0. The lowest BCUT2D eigenvalue weighted by Crippen LogP contribution is -2.28. The molecule has 4 heteroatoms. The van der Waals surface area contributed by atoms with Gasteiger partial charge < -0.3 is 9.47 Å². The first-order valence-electron chi connectivity index (χ1n) is 17.2. The first kappa shape index (κ1) is 28.5. The molecule has 2 aliphatic rings. The largest absolute Gasteiger partial charge is 0.332 e. The van der Waals surface area contributed by atoms with E-state index in [0.717, 1.165) is 39.5 Å². The Labute approximate surface area is 290 Å². The lowest BCUT2D eigenvalue weighted by Gasteiger charge is -2.29. The molecule has 2 aromatic heterocycles. The molecule has 0 saturated carbocycles. The molecule has 2 atom stereocenters. The summed E-state index contributed by atoms with van der Waals surface area (Å²) in [5.41, 5.74) is 12.3. The molecule has 6 aromatic carbocycles. The van der Waals surface area contributed by atoms with Gasteiger partial charge in [0.05, 0.1) is 34.2 Å². The van der Waals surface area contributed by atoms with Crippen LogP contribution in [-0.2, 0) is 0 Å². The molecule has 3 heterocycles. The van der Waals surface area contributed by atoms with Gasteiger partial charge in [-0.1, -0.05) is 133 Å². The van der Waals surface area contributed by atoms with Crippen molar-refractivity contribution < 1.29 is 0 Å². The second-order valence-corrected chi connectivity index (χ2v) is 13.0. The summed E-state index contributed by atoms with van der Waals surface area (Å²) < 4.78 is 2.45. The molecular formula is C46H32N4. The summed E-state index contributed by atoms with van der Waals surface area (Å²) in [5, 5.41) is 2.52. The van der Waals surface area contributed by atoms with Crippen molar-refractivity contribution in [3.05, 3.63) is 188 Å². The first-order chi connectivity index (χ1) is 24.8. The minimum absolute atomic E-state index is 0.163. The van der Waals surface area contributed by atoms with Gasteiger partial charge in [-0.25, -0.2) is 9.97 Å². The molecule has 0 amide bonds. The summed E-state index contributed by atoms with van der Waals surface area (Å²) in [6.07, 6.45) is 9.08. The monoisotopic (exact) mass is 640 g/mol. The topological polar surface area (TPSA) is 34.0 Å². The van der Waals surface area contributed by atoms with Gasteiger partial charge in [0.2, 0.25) is 0 Å². The Kier molecular flexibility index (Phi) is 6.59. The maximum absolute atomic E-state index is 5.09. The fourth-order valence-corrected chi connectivity index (χ4v) is 7.86. The van der Waals surface area contributed by atoms with Crippen molar-refractivity contribution in [2.24, 2.45) is 0 Å². The molecule has 0 fully saturated rings.